The zero-order valence-electron chi connectivity index (χ0n) is 12.5. The minimum absolute atomic E-state index is 0.0500. The highest BCUT2D eigenvalue weighted by atomic mass is 35.5. The second-order valence-corrected chi connectivity index (χ2v) is 5.93. The van der Waals surface area contributed by atoms with Gasteiger partial charge >= 0.3 is 0 Å². The molecule has 2 amide bonds. The second kappa shape index (κ2) is 6.84. The third-order valence-electron chi connectivity index (χ3n) is 3.92. The fraction of sp³-hybridized carbons (Fsp3) is 0.222. The maximum absolute atomic E-state index is 12.7. The number of rotatable bonds is 3. The van der Waals surface area contributed by atoms with Gasteiger partial charge in [-0.1, -0.05) is 54.1 Å². The molecular weight excluding hydrogens is 312 g/mol. The Morgan fingerprint density at radius 1 is 1.13 bits per heavy atom. The Morgan fingerprint density at radius 3 is 2.52 bits per heavy atom. The van der Waals surface area contributed by atoms with Crippen molar-refractivity contribution in [1.29, 1.82) is 0 Å². The maximum Gasteiger partial charge on any atom is 0.247 e. The van der Waals surface area contributed by atoms with Gasteiger partial charge in [0.2, 0.25) is 11.8 Å². The number of nitrogens with one attached hydrogen (secondary N) is 1. The summed E-state index contributed by atoms with van der Waals surface area (Å²) in [6, 6.07) is 16.0. The molecule has 1 aliphatic rings. The number of halogens is 1. The molecular formula is C18H17ClN2O2. The van der Waals surface area contributed by atoms with Crippen molar-refractivity contribution in [3.63, 3.8) is 0 Å². The number of carbonyl (C=O) groups excluding carboxylic acids is 2. The molecule has 1 N–H and O–H groups in total. The summed E-state index contributed by atoms with van der Waals surface area (Å²) in [4.78, 5) is 26.6. The number of carbonyl (C=O) groups is 2. The number of amides is 2. The zero-order valence-corrected chi connectivity index (χ0v) is 13.3. The lowest BCUT2D eigenvalue weighted by Crippen LogP contribution is -2.52. The topological polar surface area (TPSA) is 49.4 Å². The molecule has 1 fully saturated rings. The van der Waals surface area contributed by atoms with Gasteiger partial charge in [0.1, 0.15) is 6.04 Å². The van der Waals surface area contributed by atoms with Crippen LogP contribution in [0.3, 0.4) is 0 Å². The molecule has 2 aromatic carbocycles. The average molecular weight is 329 g/mol. The van der Waals surface area contributed by atoms with E-state index in [1.165, 1.54) is 0 Å². The Hall–Kier alpha value is -2.33. The summed E-state index contributed by atoms with van der Waals surface area (Å²) in [5, 5.41) is 3.43. The summed E-state index contributed by atoms with van der Waals surface area (Å²) < 4.78 is 0. The van der Waals surface area contributed by atoms with Gasteiger partial charge in [-0.15, -0.1) is 0 Å². The normalized spacial score (nSPS) is 17.7. The average Bonchev–Trinajstić information content (AvgIpc) is 2.56. The first-order valence-electron chi connectivity index (χ1n) is 7.52. The number of hydrogen-bond acceptors (Lipinski definition) is 2. The Morgan fingerprint density at radius 2 is 1.83 bits per heavy atom. The van der Waals surface area contributed by atoms with E-state index in [9.17, 15) is 9.59 Å². The summed E-state index contributed by atoms with van der Waals surface area (Å²) in [5.74, 6) is -0.203. The maximum atomic E-state index is 12.7. The first kappa shape index (κ1) is 15.6. The first-order chi connectivity index (χ1) is 11.1. The molecule has 0 saturated carbocycles. The van der Waals surface area contributed by atoms with E-state index in [0.717, 1.165) is 11.1 Å². The number of benzene rings is 2. The predicted molar refractivity (Wildman–Crippen MR) is 89.1 cm³/mol. The van der Waals surface area contributed by atoms with E-state index in [2.05, 4.69) is 5.32 Å². The summed E-state index contributed by atoms with van der Waals surface area (Å²) >= 11 is 5.91. The van der Waals surface area contributed by atoms with Crippen LogP contribution in [0, 0.1) is 0 Å². The van der Waals surface area contributed by atoms with Gasteiger partial charge in [-0.05, 0) is 23.3 Å². The highest BCUT2D eigenvalue weighted by molar-refractivity contribution is 6.30. The molecule has 3 rings (SSSR count). The molecule has 5 heteroatoms. The molecule has 1 aliphatic heterocycles. The van der Waals surface area contributed by atoms with Crippen LogP contribution in [-0.2, 0) is 16.0 Å². The summed E-state index contributed by atoms with van der Waals surface area (Å²) in [6.07, 6.45) is 0.290. The van der Waals surface area contributed by atoms with E-state index >= 15 is 0 Å². The molecule has 0 radical (unpaired) electrons. The van der Waals surface area contributed by atoms with Gasteiger partial charge in [0.25, 0.3) is 0 Å². The molecule has 118 valence electrons. The molecule has 1 unspecified atom stereocenters. The van der Waals surface area contributed by atoms with Crippen molar-refractivity contribution in [3.8, 4) is 0 Å². The number of hydrogen-bond donors (Lipinski definition) is 1. The van der Waals surface area contributed by atoms with Crippen LogP contribution in [0.5, 0.6) is 0 Å². The quantitative estimate of drug-likeness (QED) is 0.941. The van der Waals surface area contributed by atoms with Crippen molar-refractivity contribution in [1.82, 2.24) is 10.2 Å². The van der Waals surface area contributed by atoms with Crippen LogP contribution in [-0.4, -0.2) is 29.8 Å². The lowest BCUT2D eigenvalue weighted by Gasteiger charge is -2.35. The smallest absolute Gasteiger partial charge is 0.247 e. The van der Waals surface area contributed by atoms with Crippen LogP contribution in [0.25, 0.3) is 0 Å². The minimum Gasteiger partial charge on any atom is -0.352 e. The van der Waals surface area contributed by atoms with E-state index < -0.39 is 6.04 Å². The molecule has 0 bridgehead atoms. The molecule has 1 saturated heterocycles. The van der Waals surface area contributed by atoms with Gasteiger partial charge in [0.05, 0.1) is 6.42 Å². The van der Waals surface area contributed by atoms with E-state index in [1.807, 2.05) is 30.3 Å². The van der Waals surface area contributed by atoms with Crippen molar-refractivity contribution in [3.05, 3.63) is 70.7 Å². The predicted octanol–water partition coefficient (Wildman–Crippen LogP) is 2.58. The van der Waals surface area contributed by atoms with Gasteiger partial charge in [0.15, 0.2) is 0 Å². The standard InChI is InChI=1S/C18H17ClN2O2/c19-15-8-6-14(7-9-15)17-18(23)20-10-11-21(17)16(22)12-13-4-2-1-3-5-13/h1-9,17H,10-12H2,(H,20,23). The van der Waals surface area contributed by atoms with Crippen LogP contribution < -0.4 is 5.32 Å². The van der Waals surface area contributed by atoms with E-state index in [4.69, 9.17) is 11.6 Å². The Labute approximate surface area is 140 Å². The minimum atomic E-state index is -0.600. The van der Waals surface area contributed by atoms with Gasteiger partial charge < -0.3 is 10.2 Å². The molecule has 1 atom stereocenters. The number of nitrogens with zero attached hydrogens (tertiary/aromatic N) is 1. The Bertz CT molecular complexity index is 701. The van der Waals surface area contributed by atoms with Crippen LogP contribution in [0.15, 0.2) is 54.6 Å². The van der Waals surface area contributed by atoms with Crippen molar-refractivity contribution in [2.45, 2.75) is 12.5 Å². The largest absolute Gasteiger partial charge is 0.352 e. The second-order valence-electron chi connectivity index (χ2n) is 5.49. The summed E-state index contributed by atoms with van der Waals surface area (Å²) in [7, 11) is 0. The third-order valence-corrected chi connectivity index (χ3v) is 4.17. The van der Waals surface area contributed by atoms with Crippen molar-refractivity contribution in [2.75, 3.05) is 13.1 Å². The zero-order chi connectivity index (χ0) is 16.2. The fourth-order valence-corrected chi connectivity index (χ4v) is 2.91. The van der Waals surface area contributed by atoms with E-state index in [0.29, 0.717) is 18.1 Å². The molecule has 4 nitrogen and oxygen atoms in total. The first-order valence-corrected chi connectivity index (χ1v) is 7.89. The summed E-state index contributed by atoms with van der Waals surface area (Å²) in [5.41, 5.74) is 1.71. The lowest BCUT2D eigenvalue weighted by molar-refractivity contribution is -0.143. The highest BCUT2D eigenvalue weighted by Crippen LogP contribution is 2.25. The van der Waals surface area contributed by atoms with E-state index in [-0.39, 0.29) is 18.2 Å². The Balaban J connectivity index is 1.84. The van der Waals surface area contributed by atoms with Crippen LogP contribution in [0.4, 0.5) is 0 Å². The molecule has 0 spiro atoms. The van der Waals surface area contributed by atoms with Crippen molar-refractivity contribution in [2.24, 2.45) is 0 Å². The molecule has 0 aliphatic carbocycles. The summed E-state index contributed by atoms with van der Waals surface area (Å²) in [6.45, 7) is 0.980. The van der Waals surface area contributed by atoms with E-state index in [1.54, 1.807) is 29.2 Å². The van der Waals surface area contributed by atoms with Gasteiger partial charge in [-0.3, -0.25) is 9.59 Å². The Kier molecular flexibility index (Phi) is 4.63. The van der Waals surface area contributed by atoms with Crippen LogP contribution in [0.2, 0.25) is 5.02 Å². The molecule has 0 aromatic heterocycles. The number of piperazine rings is 1. The van der Waals surface area contributed by atoms with Crippen molar-refractivity contribution >= 4 is 23.4 Å². The molecule has 2 aromatic rings. The van der Waals surface area contributed by atoms with Gasteiger partial charge in [0, 0.05) is 18.1 Å². The van der Waals surface area contributed by atoms with Crippen LogP contribution >= 0.6 is 11.6 Å². The van der Waals surface area contributed by atoms with Crippen LogP contribution in [0.1, 0.15) is 17.2 Å². The van der Waals surface area contributed by atoms with Crippen molar-refractivity contribution < 1.29 is 9.59 Å². The molecule has 1 heterocycles. The lowest BCUT2D eigenvalue weighted by atomic mass is 10.0. The fourth-order valence-electron chi connectivity index (χ4n) is 2.78. The SMILES string of the molecule is O=C1NCCN(C(=O)Cc2ccccc2)C1c1ccc(Cl)cc1. The highest BCUT2D eigenvalue weighted by Gasteiger charge is 2.34. The monoisotopic (exact) mass is 328 g/mol. The molecule has 23 heavy (non-hydrogen) atoms. The third kappa shape index (κ3) is 3.54. The van der Waals surface area contributed by atoms with Gasteiger partial charge in [-0.25, -0.2) is 0 Å². The van der Waals surface area contributed by atoms with Gasteiger partial charge in [-0.2, -0.15) is 0 Å².